The molecule has 0 spiro atoms. The van der Waals surface area contributed by atoms with Gasteiger partial charge in [-0.3, -0.25) is 14.4 Å². The number of benzene rings is 1. The molecule has 0 fully saturated rings. The zero-order valence-electron chi connectivity index (χ0n) is 15.7. The van der Waals surface area contributed by atoms with Crippen molar-refractivity contribution >= 4 is 35.1 Å². The molecule has 0 radical (unpaired) electrons. The molecule has 0 saturated heterocycles. The maximum atomic E-state index is 12.8. The molecule has 0 unspecified atom stereocenters. The van der Waals surface area contributed by atoms with E-state index in [1.54, 1.807) is 0 Å². The Bertz CT molecular complexity index is 997. The number of ether oxygens (including phenoxy) is 3. The summed E-state index contributed by atoms with van der Waals surface area (Å²) >= 11 is 5.99. The fourth-order valence-corrected chi connectivity index (χ4v) is 2.42. The van der Waals surface area contributed by atoms with E-state index >= 15 is 0 Å². The molecule has 0 bridgehead atoms. The first-order chi connectivity index (χ1) is 13.8. The first-order valence-electron chi connectivity index (χ1n) is 8.05. The Labute approximate surface area is 170 Å². The highest BCUT2D eigenvalue weighted by Crippen LogP contribution is 2.22. The van der Waals surface area contributed by atoms with Crippen molar-refractivity contribution in [1.29, 1.82) is 0 Å². The fraction of sp³-hybridized carbons (Fsp3) is 0.222. The van der Waals surface area contributed by atoms with E-state index in [0.29, 0.717) is 0 Å². The van der Waals surface area contributed by atoms with Crippen LogP contribution in [-0.2, 0) is 23.8 Å². The van der Waals surface area contributed by atoms with Crippen molar-refractivity contribution in [3.8, 4) is 5.69 Å². The number of hydrogen-bond donors (Lipinski definition) is 0. The Kier molecular flexibility index (Phi) is 7.21. The Morgan fingerprint density at radius 1 is 1.21 bits per heavy atom. The first kappa shape index (κ1) is 21.8. The minimum Gasteiger partial charge on any atom is -0.500 e. The minimum atomic E-state index is -0.771. The molecule has 1 aromatic carbocycles. The number of halogens is 1. The number of methoxy groups -OCH3 is 2. The van der Waals surface area contributed by atoms with Gasteiger partial charge in [0.1, 0.15) is 6.26 Å². The van der Waals surface area contributed by atoms with Crippen molar-refractivity contribution in [2.45, 2.75) is 13.3 Å². The lowest BCUT2D eigenvalue weighted by Gasteiger charge is -2.09. The van der Waals surface area contributed by atoms with Crippen LogP contribution < -0.4 is 0 Å². The summed E-state index contributed by atoms with van der Waals surface area (Å²) in [5.74, 6) is -3.26. The molecular formula is C18H16ClN3O7. The van der Waals surface area contributed by atoms with Crippen LogP contribution in [0.3, 0.4) is 0 Å². The number of carbonyl (C=O) groups is 4. The normalized spacial score (nSPS) is 11.0. The van der Waals surface area contributed by atoms with Crippen molar-refractivity contribution in [2.24, 2.45) is 0 Å². The molecule has 0 aliphatic heterocycles. The monoisotopic (exact) mass is 421 g/mol. The number of carbonyl (C=O) groups excluding carboxylic acids is 4. The SMILES string of the molecule is CO/C=C(\OC(C)=O)C(=O)CC(=O)c1cc(Cl)ccc1-n1cc(C(=O)OC)nn1. The first-order valence-corrected chi connectivity index (χ1v) is 8.43. The van der Waals surface area contributed by atoms with Crippen molar-refractivity contribution in [3.05, 3.63) is 52.7 Å². The lowest BCUT2D eigenvalue weighted by Crippen LogP contribution is -2.16. The van der Waals surface area contributed by atoms with Gasteiger partial charge in [-0.25, -0.2) is 9.48 Å². The molecule has 152 valence electrons. The van der Waals surface area contributed by atoms with Crippen molar-refractivity contribution in [1.82, 2.24) is 15.0 Å². The molecule has 0 aliphatic carbocycles. The number of aromatic nitrogens is 3. The van der Waals surface area contributed by atoms with Crippen LogP contribution in [0.15, 0.2) is 36.4 Å². The molecule has 1 aromatic heterocycles. The van der Waals surface area contributed by atoms with E-state index in [4.69, 9.17) is 21.1 Å². The van der Waals surface area contributed by atoms with E-state index in [2.05, 4.69) is 15.0 Å². The Balaban J connectivity index is 2.35. The van der Waals surface area contributed by atoms with Gasteiger partial charge in [0.15, 0.2) is 11.5 Å². The summed E-state index contributed by atoms with van der Waals surface area (Å²) in [4.78, 5) is 47.8. The lowest BCUT2D eigenvalue weighted by molar-refractivity contribution is -0.140. The van der Waals surface area contributed by atoms with Crippen LogP contribution >= 0.6 is 11.6 Å². The number of ketones is 2. The topological polar surface area (TPSA) is 127 Å². The second-order valence-corrected chi connectivity index (χ2v) is 5.97. The van der Waals surface area contributed by atoms with Crippen LogP contribution in [0.1, 0.15) is 34.2 Å². The van der Waals surface area contributed by atoms with Crippen LogP contribution in [0.4, 0.5) is 0 Å². The van der Waals surface area contributed by atoms with Gasteiger partial charge in [-0.05, 0) is 18.2 Å². The van der Waals surface area contributed by atoms with Gasteiger partial charge in [0.05, 0.1) is 32.5 Å². The molecular weight excluding hydrogens is 406 g/mol. The Morgan fingerprint density at radius 2 is 1.93 bits per heavy atom. The molecule has 1 heterocycles. The summed E-state index contributed by atoms with van der Waals surface area (Å²) < 4.78 is 15.2. The summed E-state index contributed by atoms with van der Waals surface area (Å²) in [5, 5.41) is 7.71. The molecule has 0 N–H and O–H groups in total. The van der Waals surface area contributed by atoms with E-state index in [9.17, 15) is 19.2 Å². The van der Waals surface area contributed by atoms with Crippen LogP contribution in [0.25, 0.3) is 5.69 Å². The van der Waals surface area contributed by atoms with Gasteiger partial charge in [-0.2, -0.15) is 0 Å². The zero-order chi connectivity index (χ0) is 21.6. The third-order valence-electron chi connectivity index (χ3n) is 3.47. The molecule has 0 atom stereocenters. The summed E-state index contributed by atoms with van der Waals surface area (Å²) in [6.45, 7) is 1.11. The molecule has 11 heteroatoms. The van der Waals surface area contributed by atoms with Gasteiger partial charge in [-0.15, -0.1) is 5.10 Å². The number of nitrogens with zero attached hydrogens (tertiary/aromatic N) is 3. The highest BCUT2D eigenvalue weighted by Gasteiger charge is 2.23. The number of hydrogen-bond acceptors (Lipinski definition) is 9. The standard InChI is InChI=1S/C18H16ClN3O7/c1-10(23)29-17(9-27-2)16(25)7-15(24)12-6-11(19)4-5-14(12)22-8-13(20-21-22)18(26)28-3/h4-6,8-9H,7H2,1-3H3/b17-9-. The van der Waals surface area contributed by atoms with E-state index in [1.807, 2.05) is 0 Å². The molecule has 0 amide bonds. The number of Topliss-reactive ketones (excluding diaryl/α,β-unsaturated/α-hetero) is 2. The molecule has 10 nitrogen and oxygen atoms in total. The highest BCUT2D eigenvalue weighted by atomic mass is 35.5. The van der Waals surface area contributed by atoms with Gasteiger partial charge in [-0.1, -0.05) is 16.8 Å². The van der Waals surface area contributed by atoms with Gasteiger partial charge in [0.25, 0.3) is 0 Å². The van der Waals surface area contributed by atoms with E-state index in [0.717, 1.165) is 13.2 Å². The smallest absolute Gasteiger partial charge is 0.360 e. The maximum absolute atomic E-state index is 12.8. The van der Waals surface area contributed by atoms with Crippen molar-refractivity contribution < 1.29 is 33.4 Å². The minimum absolute atomic E-state index is 0.0479. The van der Waals surface area contributed by atoms with Crippen LogP contribution in [0, 0.1) is 0 Å². The van der Waals surface area contributed by atoms with Gasteiger partial charge < -0.3 is 14.2 Å². The second-order valence-electron chi connectivity index (χ2n) is 5.54. The summed E-state index contributed by atoms with van der Waals surface area (Å²) in [7, 11) is 2.45. The largest absolute Gasteiger partial charge is 0.500 e. The van der Waals surface area contributed by atoms with Gasteiger partial charge in [0.2, 0.25) is 11.5 Å². The van der Waals surface area contributed by atoms with Crippen LogP contribution in [0.2, 0.25) is 5.02 Å². The summed E-state index contributed by atoms with van der Waals surface area (Å²) in [6, 6.07) is 4.33. The van der Waals surface area contributed by atoms with E-state index in [1.165, 1.54) is 43.3 Å². The number of rotatable bonds is 8. The van der Waals surface area contributed by atoms with Crippen molar-refractivity contribution in [2.75, 3.05) is 14.2 Å². The summed E-state index contributed by atoms with van der Waals surface area (Å²) in [6.07, 6.45) is 1.56. The molecule has 2 rings (SSSR count). The predicted molar refractivity (Wildman–Crippen MR) is 98.5 cm³/mol. The third-order valence-corrected chi connectivity index (χ3v) is 3.70. The quantitative estimate of drug-likeness (QED) is 0.206. The molecule has 0 saturated carbocycles. The number of esters is 2. The average molecular weight is 422 g/mol. The average Bonchev–Trinajstić information content (AvgIpc) is 3.16. The molecule has 0 aliphatic rings. The zero-order valence-corrected chi connectivity index (χ0v) is 16.4. The molecule has 2 aromatic rings. The van der Waals surface area contributed by atoms with Gasteiger partial charge in [0, 0.05) is 17.5 Å². The third kappa shape index (κ3) is 5.48. The van der Waals surface area contributed by atoms with Crippen molar-refractivity contribution in [3.63, 3.8) is 0 Å². The maximum Gasteiger partial charge on any atom is 0.360 e. The van der Waals surface area contributed by atoms with Crippen LogP contribution in [-0.4, -0.2) is 52.7 Å². The lowest BCUT2D eigenvalue weighted by atomic mass is 10.0. The molecule has 29 heavy (non-hydrogen) atoms. The predicted octanol–water partition coefficient (Wildman–Crippen LogP) is 1.90. The number of allylic oxidation sites excluding steroid dienone is 1. The van der Waals surface area contributed by atoms with E-state index in [-0.39, 0.29) is 22.0 Å². The van der Waals surface area contributed by atoms with Gasteiger partial charge >= 0.3 is 11.9 Å². The Morgan fingerprint density at radius 3 is 2.55 bits per heavy atom. The van der Waals surface area contributed by atoms with E-state index < -0.39 is 35.7 Å². The van der Waals surface area contributed by atoms with Crippen LogP contribution in [0.5, 0.6) is 0 Å². The summed E-state index contributed by atoms with van der Waals surface area (Å²) in [5.41, 5.74) is 0.212. The fourth-order valence-electron chi connectivity index (χ4n) is 2.25. The highest BCUT2D eigenvalue weighted by molar-refractivity contribution is 6.31. The Hall–Kier alpha value is -3.53. The second kappa shape index (κ2) is 9.60.